The number of ether oxygens (including phenoxy) is 1. The van der Waals surface area contributed by atoms with E-state index in [1.54, 1.807) is 0 Å². The van der Waals surface area contributed by atoms with Crippen LogP contribution in [-0.4, -0.2) is 28.8 Å². The fourth-order valence-electron chi connectivity index (χ4n) is 0.247. The van der Waals surface area contributed by atoms with Gasteiger partial charge in [-0.15, -0.1) is 0 Å². The fraction of sp³-hybridized carbons (Fsp3) is 0.667. The molecule has 3 N–H and O–H groups in total. The van der Waals surface area contributed by atoms with Crippen LogP contribution < -0.4 is 5.32 Å². The van der Waals surface area contributed by atoms with Gasteiger partial charge in [-0.25, -0.2) is 4.57 Å². The van der Waals surface area contributed by atoms with Crippen molar-refractivity contribution in [2.24, 2.45) is 0 Å². The summed E-state index contributed by atoms with van der Waals surface area (Å²) < 4.78 is 18.5. The lowest BCUT2D eigenvalue weighted by Gasteiger charge is -2.06. The van der Waals surface area contributed by atoms with Crippen molar-refractivity contribution in [1.29, 1.82) is 0 Å². The maximum Gasteiger partial charge on any atom is 0.471 e. The first kappa shape index (κ1) is 10.8. The Morgan fingerprint density at radius 1 is 1.73 bits per heavy atom. The van der Waals surface area contributed by atoms with Crippen LogP contribution in [-0.2, 0) is 13.8 Å². The predicted octanol–water partition coefficient (Wildman–Crippen LogP) is -0.426. The maximum absolute atomic E-state index is 10.0. The quantitative estimate of drug-likeness (QED) is 0.324. The van der Waals surface area contributed by atoms with Crippen LogP contribution in [0.3, 0.4) is 0 Å². The van der Waals surface area contributed by atoms with Crippen LogP contribution in [0.4, 0.5) is 0 Å². The Bertz CT molecular complexity index is 179. The normalized spacial score (nSPS) is 10.8. The van der Waals surface area contributed by atoms with E-state index in [4.69, 9.17) is 9.79 Å². The Labute approximate surface area is 68.7 Å². The summed E-state index contributed by atoms with van der Waals surface area (Å²) in [6, 6.07) is 0. The van der Waals surface area contributed by atoms with Gasteiger partial charge in [-0.1, -0.05) is 0 Å². The van der Waals surface area contributed by atoms with Gasteiger partial charge >= 0.3 is 7.82 Å². The lowest BCUT2D eigenvalue weighted by molar-refractivity contribution is 0.189. The maximum atomic E-state index is 10.0. The molecule has 8 heteroatoms. The molecule has 0 heterocycles. The molecule has 0 saturated heterocycles. The van der Waals surface area contributed by atoms with Crippen molar-refractivity contribution in [3.8, 4) is 0 Å². The van der Waals surface area contributed by atoms with Crippen LogP contribution in [0.5, 0.6) is 0 Å². The SMILES string of the molecule is COC(=S)NCOP(=O)(O)O. The molecule has 0 bridgehead atoms. The summed E-state index contributed by atoms with van der Waals surface area (Å²) in [6.45, 7) is -0.378. The molecule has 0 amide bonds. The molecule has 0 spiro atoms. The number of hydrogen-bond acceptors (Lipinski definition) is 4. The third-order valence-electron chi connectivity index (χ3n) is 0.635. The fourth-order valence-corrected chi connectivity index (χ4v) is 0.539. The summed E-state index contributed by atoms with van der Waals surface area (Å²) in [7, 11) is -3.08. The highest BCUT2D eigenvalue weighted by Crippen LogP contribution is 2.34. The predicted molar refractivity (Wildman–Crippen MR) is 40.7 cm³/mol. The molecule has 66 valence electrons. The zero-order valence-corrected chi connectivity index (χ0v) is 7.39. The van der Waals surface area contributed by atoms with Crippen molar-refractivity contribution in [2.45, 2.75) is 0 Å². The summed E-state index contributed by atoms with van der Waals surface area (Å²) in [5.41, 5.74) is 0. The molecule has 0 aromatic rings. The van der Waals surface area contributed by atoms with Crippen molar-refractivity contribution in [1.82, 2.24) is 5.32 Å². The van der Waals surface area contributed by atoms with E-state index >= 15 is 0 Å². The summed E-state index contributed by atoms with van der Waals surface area (Å²) in [4.78, 5) is 16.3. The van der Waals surface area contributed by atoms with Gasteiger partial charge < -0.3 is 19.8 Å². The van der Waals surface area contributed by atoms with Crippen LogP contribution >= 0.6 is 20.0 Å². The van der Waals surface area contributed by atoms with Gasteiger partial charge in [0.2, 0.25) is 0 Å². The highest BCUT2D eigenvalue weighted by molar-refractivity contribution is 7.80. The molecular formula is C3H8NO5PS. The average molecular weight is 201 g/mol. The van der Waals surface area contributed by atoms with Crippen LogP contribution in [0.25, 0.3) is 0 Å². The number of phosphoric ester groups is 1. The Morgan fingerprint density at radius 2 is 2.27 bits per heavy atom. The second-order valence-electron chi connectivity index (χ2n) is 1.43. The lowest BCUT2D eigenvalue weighted by atomic mass is 11.1. The van der Waals surface area contributed by atoms with Crippen LogP contribution in [0.1, 0.15) is 0 Å². The Hall–Kier alpha value is -0.200. The van der Waals surface area contributed by atoms with E-state index in [2.05, 4.69) is 26.8 Å². The van der Waals surface area contributed by atoms with Gasteiger partial charge in [-0.05, 0) is 12.2 Å². The first-order valence-electron chi connectivity index (χ1n) is 2.47. The van der Waals surface area contributed by atoms with E-state index in [1.807, 2.05) is 0 Å². The molecule has 0 aliphatic rings. The van der Waals surface area contributed by atoms with Crippen LogP contribution in [0.15, 0.2) is 0 Å². The zero-order valence-electron chi connectivity index (χ0n) is 5.68. The van der Waals surface area contributed by atoms with E-state index in [-0.39, 0.29) is 11.9 Å². The molecule has 0 aliphatic carbocycles. The molecule has 0 aromatic heterocycles. The Kier molecular flexibility index (Phi) is 4.55. The monoisotopic (exact) mass is 201 g/mol. The zero-order chi connectivity index (χ0) is 8.91. The van der Waals surface area contributed by atoms with Gasteiger partial charge in [-0.3, -0.25) is 4.52 Å². The molecule has 0 aromatic carbocycles. The van der Waals surface area contributed by atoms with E-state index in [9.17, 15) is 4.57 Å². The van der Waals surface area contributed by atoms with Gasteiger partial charge in [0.25, 0.3) is 5.17 Å². The molecule has 0 unspecified atom stereocenters. The summed E-state index contributed by atoms with van der Waals surface area (Å²) in [6.07, 6.45) is 0. The summed E-state index contributed by atoms with van der Waals surface area (Å²) in [5, 5.41) is 2.30. The topological polar surface area (TPSA) is 88.0 Å². The summed E-state index contributed by atoms with van der Waals surface area (Å²) in [5.74, 6) is 0. The molecule has 0 aliphatic heterocycles. The number of nitrogens with one attached hydrogen (secondary N) is 1. The lowest BCUT2D eigenvalue weighted by Crippen LogP contribution is -2.24. The van der Waals surface area contributed by atoms with Crippen LogP contribution in [0.2, 0.25) is 0 Å². The smallest absolute Gasteiger partial charge is 0.471 e. The molecule has 0 fully saturated rings. The molecular weight excluding hydrogens is 193 g/mol. The second-order valence-corrected chi connectivity index (χ2v) is 3.04. The largest absolute Gasteiger partial charge is 0.474 e. The first-order chi connectivity index (χ1) is 4.95. The van der Waals surface area contributed by atoms with Gasteiger partial charge in [0.05, 0.1) is 7.11 Å². The van der Waals surface area contributed by atoms with E-state index in [1.165, 1.54) is 7.11 Å². The first-order valence-corrected chi connectivity index (χ1v) is 4.41. The molecule has 0 rings (SSSR count). The highest BCUT2D eigenvalue weighted by atomic mass is 32.1. The van der Waals surface area contributed by atoms with E-state index < -0.39 is 7.82 Å². The number of methoxy groups -OCH3 is 1. The minimum Gasteiger partial charge on any atom is -0.474 e. The van der Waals surface area contributed by atoms with Gasteiger partial charge in [-0.2, -0.15) is 0 Å². The van der Waals surface area contributed by atoms with Crippen molar-refractivity contribution in [3.05, 3.63) is 0 Å². The molecule has 6 nitrogen and oxygen atoms in total. The van der Waals surface area contributed by atoms with Gasteiger partial charge in [0.1, 0.15) is 6.73 Å². The van der Waals surface area contributed by atoms with Crippen LogP contribution in [0, 0.1) is 0 Å². The third kappa shape index (κ3) is 7.70. The Balaban J connectivity index is 3.43. The molecule has 0 atom stereocenters. The minimum atomic E-state index is -4.41. The number of phosphoric acid groups is 1. The Morgan fingerprint density at radius 3 is 2.64 bits per heavy atom. The number of thiocarbonyl (C=S) groups is 1. The van der Waals surface area contributed by atoms with Crippen molar-refractivity contribution >= 4 is 25.2 Å². The van der Waals surface area contributed by atoms with Gasteiger partial charge in [0, 0.05) is 0 Å². The molecule has 11 heavy (non-hydrogen) atoms. The summed E-state index contributed by atoms with van der Waals surface area (Å²) >= 11 is 4.48. The average Bonchev–Trinajstić information content (AvgIpc) is 1.85. The number of rotatable bonds is 3. The van der Waals surface area contributed by atoms with Crippen molar-refractivity contribution < 1.29 is 23.6 Å². The minimum absolute atomic E-state index is 0.0125. The van der Waals surface area contributed by atoms with Crippen molar-refractivity contribution in [2.75, 3.05) is 13.8 Å². The highest BCUT2D eigenvalue weighted by Gasteiger charge is 2.12. The van der Waals surface area contributed by atoms with E-state index in [0.29, 0.717) is 0 Å². The van der Waals surface area contributed by atoms with Gasteiger partial charge in [0.15, 0.2) is 0 Å². The third-order valence-corrected chi connectivity index (χ3v) is 1.41. The molecule has 0 saturated carbocycles. The molecule has 0 radical (unpaired) electrons. The second kappa shape index (κ2) is 4.63. The number of hydrogen-bond donors (Lipinski definition) is 3. The standard InChI is InChI=1S/C3H8NO5PS/c1-8-3(11)4-2-9-10(5,6)7/h2H2,1H3,(H,4,11)(H2,5,6,7). The van der Waals surface area contributed by atoms with Crippen molar-refractivity contribution in [3.63, 3.8) is 0 Å². The van der Waals surface area contributed by atoms with E-state index in [0.717, 1.165) is 0 Å².